The molecule has 1 saturated heterocycles. The van der Waals surface area contributed by atoms with Crippen molar-refractivity contribution in [2.45, 2.75) is 136 Å². The van der Waals surface area contributed by atoms with Gasteiger partial charge in [-0.25, -0.2) is 0 Å². The summed E-state index contributed by atoms with van der Waals surface area (Å²) in [6, 6.07) is -0.377. The molecule has 2 rings (SSSR count). The third-order valence-electron chi connectivity index (χ3n) is 9.56. The summed E-state index contributed by atoms with van der Waals surface area (Å²) in [5.74, 6) is -2.93. The van der Waals surface area contributed by atoms with Crippen molar-refractivity contribution in [1.29, 1.82) is 0 Å². The summed E-state index contributed by atoms with van der Waals surface area (Å²) in [4.78, 5) is 28.4. The number of ether oxygens (including phenoxy) is 3. The first-order valence-corrected chi connectivity index (χ1v) is 15.8. The van der Waals surface area contributed by atoms with Gasteiger partial charge in [-0.05, 0) is 73.0 Å². The number of likely N-dealkylation sites (N-methyl/N-ethyl adjacent to an activating group) is 1. The van der Waals surface area contributed by atoms with Gasteiger partial charge in [-0.2, -0.15) is 0 Å². The second-order valence-corrected chi connectivity index (χ2v) is 13.4. The topological polar surface area (TPSA) is 149 Å². The standard InChI is InChI=1S/C32H58N2O9/c1-11-25-32(8,40)30(38)23(7)34(10)17-18(2)14-19(3)29(21(5)28(37)22(6)31(39)42-25)43-27-16-24(15-20(4)41-27)33(9)13-12-26(35)36/h14,18,20-25,27-30,37-38,40H,11-13,15-17H2,1-10H3,(H,35,36)/b19-14+/t18-,20-,21+,22-,23-,24?,25-,27+,28+,29+,30-,32-/m1/s1. The summed E-state index contributed by atoms with van der Waals surface area (Å²) >= 11 is 0. The average molecular weight is 615 g/mol. The van der Waals surface area contributed by atoms with Crippen LogP contribution in [0.2, 0.25) is 0 Å². The first-order chi connectivity index (χ1) is 19.9. The highest BCUT2D eigenvalue weighted by Gasteiger charge is 2.46. The number of aliphatic hydroxyl groups is 3. The molecule has 0 aromatic carbocycles. The molecule has 0 aromatic heterocycles. The van der Waals surface area contributed by atoms with Crippen LogP contribution in [0.15, 0.2) is 11.6 Å². The number of hydrogen-bond donors (Lipinski definition) is 4. The van der Waals surface area contributed by atoms with Gasteiger partial charge in [0, 0.05) is 37.5 Å². The lowest BCUT2D eigenvalue weighted by atomic mass is 9.85. The fourth-order valence-electron chi connectivity index (χ4n) is 6.56. The van der Waals surface area contributed by atoms with Crippen LogP contribution in [0.25, 0.3) is 0 Å². The Morgan fingerprint density at radius 3 is 2.40 bits per heavy atom. The maximum Gasteiger partial charge on any atom is 0.311 e. The summed E-state index contributed by atoms with van der Waals surface area (Å²) in [7, 11) is 3.80. The van der Waals surface area contributed by atoms with E-state index in [0.29, 0.717) is 19.5 Å². The van der Waals surface area contributed by atoms with Crippen LogP contribution in [-0.4, -0.2) is 124 Å². The molecule has 0 bridgehead atoms. The summed E-state index contributed by atoms with van der Waals surface area (Å²) in [6.45, 7) is 15.5. The van der Waals surface area contributed by atoms with Crippen molar-refractivity contribution in [3.63, 3.8) is 0 Å². The number of carbonyl (C=O) groups is 2. The van der Waals surface area contributed by atoms with E-state index in [-0.39, 0.29) is 30.9 Å². The summed E-state index contributed by atoms with van der Waals surface area (Å²) < 4.78 is 18.6. The molecular weight excluding hydrogens is 556 g/mol. The Bertz CT molecular complexity index is 944. The number of carboxylic acid groups (broad SMARTS) is 1. The van der Waals surface area contributed by atoms with Crippen molar-refractivity contribution in [2.75, 3.05) is 27.2 Å². The molecule has 0 saturated carbocycles. The summed E-state index contributed by atoms with van der Waals surface area (Å²) in [5, 5.41) is 43.1. The smallest absolute Gasteiger partial charge is 0.311 e. The predicted molar refractivity (Wildman–Crippen MR) is 163 cm³/mol. The zero-order valence-electron chi connectivity index (χ0n) is 27.9. The molecule has 2 heterocycles. The molecule has 43 heavy (non-hydrogen) atoms. The second kappa shape index (κ2) is 16.1. The highest BCUT2D eigenvalue weighted by molar-refractivity contribution is 5.73. The molecule has 1 unspecified atom stereocenters. The van der Waals surface area contributed by atoms with Gasteiger partial charge in [-0.3, -0.25) is 9.59 Å². The minimum Gasteiger partial charge on any atom is -0.481 e. The van der Waals surface area contributed by atoms with Crippen molar-refractivity contribution in [3.05, 3.63) is 11.6 Å². The van der Waals surface area contributed by atoms with E-state index >= 15 is 0 Å². The molecule has 11 heteroatoms. The molecule has 0 amide bonds. The molecule has 11 nitrogen and oxygen atoms in total. The number of aliphatic hydroxyl groups excluding tert-OH is 2. The van der Waals surface area contributed by atoms with Gasteiger partial charge in [-0.1, -0.05) is 26.8 Å². The van der Waals surface area contributed by atoms with E-state index in [1.165, 1.54) is 6.92 Å². The van der Waals surface area contributed by atoms with E-state index in [1.54, 1.807) is 13.8 Å². The van der Waals surface area contributed by atoms with Crippen LogP contribution in [0, 0.1) is 17.8 Å². The number of cyclic esters (lactones) is 1. The lowest BCUT2D eigenvalue weighted by Gasteiger charge is -2.42. The number of hydrogen-bond acceptors (Lipinski definition) is 10. The van der Waals surface area contributed by atoms with Crippen LogP contribution < -0.4 is 0 Å². The van der Waals surface area contributed by atoms with E-state index in [2.05, 4.69) is 13.0 Å². The number of nitrogens with zero attached hydrogens (tertiary/aromatic N) is 2. The van der Waals surface area contributed by atoms with Crippen LogP contribution in [0.3, 0.4) is 0 Å². The highest BCUT2D eigenvalue weighted by Crippen LogP contribution is 2.33. The lowest BCUT2D eigenvalue weighted by Crippen LogP contribution is -2.59. The lowest BCUT2D eigenvalue weighted by molar-refractivity contribution is -0.228. The predicted octanol–water partition coefficient (Wildman–Crippen LogP) is 2.65. The first-order valence-electron chi connectivity index (χ1n) is 15.8. The molecule has 0 aliphatic carbocycles. The zero-order chi connectivity index (χ0) is 32.8. The average Bonchev–Trinajstić information content (AvgIpc) is 2.93. The second-order valence-electron chi connectivity index (χ2n) is 13.4. The Balaban J connectivity index is 2.42. The van der Waals surface area contributed by atoms with Crippen LogP contribution in [0.1, 0.15) is 81.1 Å². The SMILES string of the molecule is CC[C@H]1OC(=O)[C@H](C)[C@@H](O)[C@H](C)[C@@H](O[C@H]2CC(N(C)CCC(=O)O)C[C@@H](C)O2)/C(C)=C/[C@@H](C)CN(C)[C@H](C)[C@@H](O)[C@]1(C)O. The Morgan fingerprint density at radius 2 is 1.81 bits per heavy atom. The molecule has 12 atom stereocenters. The first kappa shape index (κ1) is 37.6. The van der Waals surface area contributed by atoms with Gasteiger partial charge in [0.05, 0.1) is 30.7 Å². The highest BCUT2D eigenvalue weighted by atomic mass is 16.7. The Morgan fingerprint density at radius 1 is 1.19 bits per heavy atom. The molecule has 2 aliphatic heterocycles. The van der Waals surface area contributed by atoms with Crippen molar-refractivity contribution in [3.8, 4) is 0 Å². The van der Waals surface area contributed by atoms with Gasteiger partial charge in [-0.15, -0.1) is 0 Å². The number of esters is 1. The van der Waals surface area contributed by atoms with Crippen molar-refractivity contribution >= 4 is 11.9 Å². The monoisotopic (exact) mass is 614 g/mol. The summed E-state index contributed by atoms with van der Waals surface area (Å²) in [5.41, 5.74) is -0.828. The van der Waals surface area contributed by atoms with E-state index in [9.17, 15) is 24.9 Å². The summed E-state index contributed by atoms with van der Waals surface area (Å²) in [6.07, 6.45) is -0.908. The van der Waals surface area contributed by atoms with Crippen LogP contribution in [0.5, 0.6) is 0 Å². The fourth-order valence-corrected chi connectivity index (χ4v) is 6.56. The van der Waals surface area contributed by atoms with Crippen molar-refractivity contribution < 1.29 is 44.2 Å². The van der Waals surface area contributed by atoms with Gasteiger partial charge in [0.2, 0.25) is 0 Å². The molecule has 250 valence electrons. The Hall–Kier alpha value is -1.60. The van der Waals surface area contributed by atoms with E-state index in [4.69, 9.17) is 19.3 Å². The third-order valence-corrected chi connectivity index (χ3v) is 9.56. The number of aliphatic carboxylic acids is 1. The third kappa shape index (κ3) is 9.94. The molecule has 2 aliphatic rings. The molecule has 0 radical (unpaired) electrons. The molecule has 1 fully saturated rings. The van der Waals surface area contributed by atoms with Crippen LogP contribution in [0.4, 0.5) is 0 Å². The normalized spacial score (nSPS) is 42.4. The van der Waals surface area contributed by atoms with Crippen LogP contribution in [-0.2, 0) is 23.8 Å². The van der Waals surface area contributed by atoms with Gasteiger partial charge < -0.3 is 44.4 Å². The quantitative estimate of drug-likeness (QED) is 0.248. The van der Waals surface area contributed by atoms with E-state index < -0.39 is 66.1 Å². The molecule has 0 spiro atoms. The number of carboxylic acids is 1. The van der Waals surface area contributed by atoms with Crippen LogP contribution >= 0.6 is 0 Å². The molecule has 0 aromatic rings. The van der Waals surface area contributed by atoms with Gasteiger partial charge in [0.15, 0.2) is 6.29 Å². The van der Waals surface area contributed by atoms with E-state index in [0.717, 1.165) is 12.0 Å². The van der Waals surface area contributed by atoms with Crippen molar-refractivity contribution in [2.24, 2.45) is 17.8 Å². The van der Waals surface area contributed by atoms with Gasteiger partial charge in [0.1, 0.15) is 17.8 Å². The Labute approximate surface area is 258 Å². The van der Waals surface area contributed by atoms with Crippen molar-refractivity contribution in [1.82, 2.24) is 9.80 Å². The van der Waals surface area contributed by atoms with E-state index in [1.807, 2.05) is 51.6 Å². The minimum absolute atomic E-state index is 0.0311. The maximum absolute atomic E-state index is 13.3. The number of carbonyl (C=O) groups excluding carboxylic acids is 1. The fraction of sp³-hybridized carbons (Fsp3) is 0.875. The zero-order valence-corrected chi connectivity index (χ0v) is 27.9. The molecule has 4 N–H and O–H groups in total. The number of rotatable bonds is 7. The maximum atomic E-state index is 13.3. The minimum atomic E-state index is -1.71. The largest absolute Gasteiger partial charge is 0.481 e. The van der Waals surface area contributed by atoms with Gasteiger partial charge >= 0.3 is 11.9 Å². The molecular formula is C32H58N2O9. The van der Waals surface area contributed by atoms with Gasteiger partial charge in [0.25, 0.3) is 0 Å². The Kier molecular flexibility index (Phi) is 14.1.